The van der Waals surface area contributed by atoms with Gasteiger partial charge in [0.15, 0.2) is 0 Å². The number of nitrogens with zero attached hydrogens (tertiary/aromatic N) is 1. The molecule has 0 aromatic heterocycles. The van der Waals surface area contributed by atoms with Gasteiger partial charge < -0.3 is 24.2 Å². The highest BCUT2D eigenvalue weighted by molar-refractivity contribution is 5.42. The lowest BCUT2D eigenvalue weighted by atomic mass is 10.1. The lowest BCUT2D eigenvalue weighted by Gasteiger charge is -2.24. The normalized spacial score (nSPS) is 19.8. The molecule has 2 rings (SSSR count). The molecule has 118 valence electrons. The van der Waals surface area contributed by atoms with Crippen LogP contribution in [0.15, 0.2) is 18.2 Å². The maximum Gasteiger partial charge on any atom is 0.128 e. The van der Waals surface area contributed by atoms with E-state index in [0.29, 0.717) is 18.4 Å². The number of aliphatic hydroxyl groups is 1. The number of hydrogen-bond donors (Lipinski definition) is 1. The first kappa shape index (κ1) is 16.1. The molecule has 0 spiro atoms. The van der Waals surface area contributed by atoms with E-state index in [0.717, 1.165) is 37.3 Å². The monoisotopic (exact) mass is 295 g/mol. The van der Waals surface area contributed by atoms with Gasteiger partial charge in [-0.05, 0) is 32.0 Å². The van der Waals surface area contributed by atoms with Crippen LogP contribution in [0.5, 0.6) is 11.5 Å². The van der Waals surface area contributed by atoms with E-state index < -0.39 is 6.10 Å². The fourth-order valence-electron chi connectivity index (χ4n) is 2.70. The van der Waals surface area contributed by atoms with E-state index in [1.54, 1.807) is 20.3 Å². The van der Waals surface area contributed by atoms with Crippen molar-refractivity contribution < 1.29 is 19.3 Å². The van der Waals surface area contributed by atoms with E-state index in [4.69, 9.17) is 14.2 Å². The summed E-state index contributed by atoms with van der Waals surface area (Å²) in [6.45, 7) is 2.24. The van der Waals surface area contributed by atoms with Gasteiger partial charge in [0.2, 0.25) is 0 Å². The fourth-order valence-corrected chi connectivity index (χ4v) is 2.70. The minimum absolute atomic E-state index is 0.292. The molecule has 1 fully saturated rings. The first-order valence-corrected chi connectivity index (χ1v) is 7.34. The molecule has 0 aliphatic carbocycles. The second-order valence-corrected chi connectivity index (χ2v) is 5.48. The quantitative estimate of drug-likeness (QED) is 0.832. The van der Waals surface area contributed by atoms with Crippen LogP contribution in [0, 0.1) is 0 Å². The van der Waals surface area contributed by atoms with Crippen molar-refractivity contribution in [3.8, 4) is 11.5 Å². The third-order valence-electron chi connectivity index (χ3n) is 3.82. The average molecular weight is 295 g/mol. The highest BCUT2D eigenvalue weighted by Crippen LogP contribution is 2.30. The summed E-state index contributed by atoms with van der Waals surface area (Å²) in [4.78, 5) is 2.10. The molecule has 1 aromatic rings. The van der Waals surface area contributed by atoms with E-state index >= 15 is 0 Å². The Morgan fingerprint density at radius 1 is 1.38 bits per heavy atom. The lowest BCUT2D eigenvalue weighted by Crippen LogP contribution is -2.32. The van der Waals surface area contributed by atoms with E-state index in [-0.39, 0.29) is 0 Å². The van der Waals surface area contributed by atoms with Gasteiger partial charge in [-0.15, -0.1) is 0 Å². The molecule has 1 aliphatic rings. The van der Waals surface area contributed by atoms with Crippen LogP contribution in [0.4, 0.5) is 0 Å². The number of rotatable bonds is 7. The van der Waals surface area contributed by atoms with Crippen LogP contribution in [0.25, 0.3) is 0 Å². The van der Waals surface area contributed by atoms with Crippen LogP contribution in [0.3, 0.4) is 0 Å². The molecular formula is C16H25NO4. The zero-order valence-corrected chi connectivity index (χ0v) is 13.0. The zero-order valence-electron chi connectivity index (χ0n) is 13.0. The Balaban J connectivity index is 1.96. The summed E-state index contributed by atoms with van der Waals surface area (Å²) < 4.78 is 16.1. The number of benzene rings is 1. The molecular weight excluding hydrogens is 270 g/mol. The summed E-state index contributed by atoms with van der Waals surface area (Å²) >= 11 is 0. The van der Waals surface area contributed by atoms with Crippen LogP contribution in [0.2, 0.25) is 0 Å². The number of methoxy groups -OCH3 is 2. The van der Waals surface area contributed by atoms with Crippen LogP contribution >= 0.6 is 0 Å². The molecule has 1 saturated heterocycles. The SMILES string of the molecule is COc1ccc(C(O)CN(C)CC2CCCO2)c(OC)c1. The Morgan fingerprint density at radius 2 is 2.19 bits per heavy atom. The summed E-state index contributed by atoms with van der Waals surface area (Å²) in [6.07, 6.45) is 1.93. The predicted molar refractivity (Wildman–Crippen MR) is 81.0 cm³/mol. The van der Waals surface area contributed by atoms with Crippen molar-refractivity contribution in [1.29, 1.82) is 0 Å². The Bertz CT molecular complexity index is 446. The largest absolute Gasteiger partial charge is 0.497 e. The molecule has 2 atom stereocenters. The van der Waals surface area contributed by atoms with E-state index in [1.165, 1.54) is 0 Å². The highest BCUT2D eigenvalue weighted by atomic mass is 16.5. The molecule has 0 saturated carbocycles. The van der Waals surface area contributed by atoms with Gasteiger partial charge in [-0.1, -0.05) is 0 Å². The van der Waals surface area contributed by atoms with E-state index in [9.17, 15) is 5.11 Å². The van der Waals surface area contributed by atoms with Crippen molar-refractivity contribution in [3.05, 3.63) is 23.8 Å². The van der Waals surface area contributed by atoms with Crippen molar-refractivity contribution >= 4 is 0 Å². The van der Waals surface area contributed by atoms with Crippen molar-refractivity contribution in [1.82, 2.24) is 4.90 Å². The number of likely N-dealkylation sites (N-methyl/N-ethyl adjacent to an activating group) is 1. The van der Waals surface area contributed by atoms with Gasteiger partial charge in [0.1, 0.15) is 11.5 Å². The average Bonchev–Trinajstić information content (AvgIpc) is 2.99. The third-order valence-corrected chi connectivity index (χ3v) is 3.82. The smallest absolute Gasteiger partial charge is 0.128 e. The van der Waals surface area contributed by atoms with Crippen molar-refractivity contribution in [2.45, 2.75) is 25.0 Å². The van der Waals surface area contributed by atoms with Gasteiger partial charge in [-0.25, -0.2) is 0 Å². The second-order valence-electron chi connectivity index (χ2n) is 5.48. The highest BCUT2D eigenvalue weighted by Gasteiger charge is 2.20. The van der Waals surface area contributed by atoms with Crippen LogP contribution in [0.1, 0.15) is 24.5 Å². The maximum atomic E-state index is 10.4. The second kappa shape index (κ2) is 7.64. The van der Waals surface area contributed by atoms with Gasteiger partial charge in [0, 0.05) is 31.3 Å². The summed E-state index contributed by atoms with van der Waals surface area (Å²) in [5.41, 5.74) is 0.775. The zero-order chi connectivity index (χ0) is 15.2. The Morgan fingerprint density at radius 3 is 2.81 bits per heavy atom. The molecule has 1 aliphatic heterocycles. The molecule has 1 N–H and O–H groups in total. The predicted octanol–water partition coefficient (Wildman–Crippen LogP) is 1.85. The minimum atomic E-state index is -0.600. The molecule has 1 heterocycles. The Labute approximate surface area is 126 Å². The summed E-state index contributed by atoms with van der Waals surface area (Å²) in [5.74, 6) is 1.36. The topological polar surface area (TPSA) is 51.2 Å². The summed E-state index contributed by atoms with van der Waals surface area (Å²) in [6, 6.07) is 5.47. The molecule has 5 nitrogen and oxygen atoms in total. The van der Waals surface area contributed by atoms with Crippen molar-refractivity contribution in [3.63, 3.8) is 0 Å². The van der Waals surface area contributed by atoms with Gasteiger partial charge in [0.25, 0.3) is 0 Å². The molecule has 0 radical (unpaired) electrons. The number of ether oxygens (including phenoxy) is 3. The van der Waals surface area contributed by atoms with E-state index in [2.05, 4.69) is 4.90 Å². The van der Waals surface area contributed by atoms with Crippen LogP contribution in [-0.4, -0.2) is 57.1 Å². The molecule has 5 heteroatoms. The van der Waals surface area contributed by atoms with E-state index in [1.807, 2.05) is 19.2 Å². The minimum Gasteiger partial charge on any atom is -0.497 e. The Kier molecular flexibility index (Phi) is 5.85. The first-order chi connectivity index (χ1) is 10.1. The fraction of sp³-hybridized carbons (Fsp3) is 0.625. The van der Waals surface area contributed by atoms with Gasteiger partial charge in [0.05, 0.1) is 26.4 Å². The van der Waals surface area contributed by atoms with Crippen LogP contribution < -0.4 is 9.47 Å². The van der Waals surface area contributed by atoms with Crippen LogP contribution in [-0.2, 0) is 4.74 Å². The van der Waals surface area contributed by atoms with Crippen molar-refractivity contribution in [2.75, 3.05) is 41.0 Å². The first-order valence-electron chi connectivity index (χ1n) is 7.34. The standard InChI is InChI=1S/C16H25NO4/c1-17(10-13-5-4-8-21-13)11-15(18)14-7-6-12(19-2)9-16(14)20-3/h6-7,9,13,15,18H,4-5,8,10-11H2,1-3H3. The molecule has 0 bridgehead atoms. The molecule has 21 heavy (non-hydrogen) atoms. The summed E-state index contributed by atoms with van der Waals surface area (Å²) in [7, 11) is 5.21. The van der Waals surface area contributed by atoms with Gasteiger partial charge in [-0.2, -0.15) is 0 Å². The van der Waals surface area contributed by atoms with Crippen molar-refractivity contribution in [2.24, 2.45) is 0 Å². The maximum absolute atomic E-state index is 10.4. The Hall–Kier alpha value is -1.30. The summed E-state index contributed by atoms with van der Waals surface area (Å²) in [5, 5.41) is 10.4. The lowest BCUT2D eigenvalue weighted by molar-refractivity contribution is 0.0596. The molecule has 2 unspecified atom stereocenters. The number of hydrogen-bond acceptors (Lipinski definition) is 5. The molecule has 1 aromatic carbocycles. The number of aliphatic hydroxyl groups excluding tert-OH is 1. The van der Waals surface area contributed by atoms with Gasteiger partial charge >= 0.3 is 0 Å². The van der Waals surface area contributed by atoms with Gasteiger partial charge in [-0.3, -0.25) is 0 Å². The third kappa shape index (κ3) is 4.33. The molecule has 0 amide bonds.